The highest BCUT2D eigenvalue weighted by Gasteiger charge is 2.28. The molecule has 1 aliphatic heterocycles. The highest BCUT2D eigenvalue weighted by atomic mass is 32.1. The van der Waals surface area contributed by atoms with Crippen molar-refractivity contribution in [3.8, 4) is 0 Å². The van der Waals surface area contributed by atoms with E-state index in [2.05, 4.69) is 22.3 Å². The van der Waals surface area contributed by atoms with Crippen LogP contribution in [0.2, 0.25) is 0 Å². The Balaban J connectivity index is 1.35. The monoisotopic (exact) mass is 383 g/mol. The van der Waals surface area contributed by atoms with E-state index in [1.54, 1.807) is 23.5 Å². The molecule has 0 spiro atoms. The molecule has 2 aromatic carbocycles. The molecule has 1 atom stereocenters. The van der Waals surface area contributed by atoms with Crippen LogP contribution in [0.5, 0.6) is 0 Å². The highest BCUT2D eigenvalue weighted by molar-refractivity contribution is 7.18. The number of carbonyl (C=O) groups is 1. The minimum Gasteiger partial charge on any atom is -0.325 e. The van der Waals surface area contributed by atoms with Gasteiger partial charge in [0.2, 0.25) is 5.91 Å². The molecule has 1 saturated heterocycles. The van der Waals surface area contributed by atoms with Crippen molar-refractivity contribution in [3.63, 3.8) is 0 Å². The van der Waals surface area contributed by atoms with Crippen molar-refractivity contribution in [1.82, 2.24) is 9.88 Å². The van der Waals surface area contributed by atoms with Crippen LogP contribution in [0.4, 0.5) is 10.1 Å². The Morgan fingerprint density at radius 1 is 1.19 bits per heavy atom. The van der Waals surface area contributed by atoms with Crippen LogP contribution >= 0.6 is 11.3 Å². The fraction of sp³-hybridized carbons (Fsp3) is 0.333. The van der Waals surface area contributed by atoms with E-state index in [0.29, 0.717) is 11.6 Å². The quantitative estimate of drug-likeness (QED) is 0.714. The molecule has 1 amide bonds. The number of para-hydroxylation sites is 1. The number of benzene rings is 2. The van der Waals surface area contributed by atoms with Crippen molar-refractivity contribution < 1.29 is 9.18 Å². The number of thiazole rings is 1. The van der Waals surface area contributed by atoms with Gasteiger partial charge in [-0.25, -0.2) is 9.37 Å². The summed E-state index contributed by atoms with van der Waals surface area (Å²) >= 11 is 1.78. The lowest BCUT2D eigenvalue weighted by molar-refractivity contribution is -0.121. The maximum absolute atomic E-state index is 13.0. The summed E-state index contributed by atoms with van der Waals surface area (Å²) in [6, 6.07) is 13.9. The molecule has 140 valence electrons. The van der Waals surface area contributed by atoms with Crippen LogP contribution in [-0.2, 0) is 4.79 Å². The Hall–Kier alpha value is -2.31. The first-order valence-corrected chi connectivity index (χ1v) is 10.1. The SMILES string of the molecule is C[C@@H](C(=O)Nc1ccc(F)cc1)N1CCC(c2nc3ccccc3s2)CC1. The zero-order valence-corrected chi connectivity index (χ0v) is 16.0. The van der Waals surface area contributed by atoms with Crippen LogP contribution in [0.3, 0.4) is 0 Å². The third-order valence-corrected chi connectivity index (χ3v) is 6.43. The van der Waals surface area contributed by atoms with Crippen LogP contribution in [0.1, 0.15) is 30.7 Å². The van der Waals surface area contributed by atoms with Crippen LogP contribution in [0.15, 0.2) is 48.5 Å². The standard InChI is InChI=1S/C21H22FN3OS/c1-14(20(26)23-17-8-6-16(22)7-9-17)25-12-10-15(11-13-25)21-24-18-4-2-3-5-19(18)27-21/h2-9,14-15H,10-13H2,1H3,(H,23,26)/t14-/m0/s1. The second-order valence-electron chi connectivity index (χ2n) is 7.00. The third-order valence-electron chi connectivity index (χ3n) is 5.23. The third kappa shape index (κ3) is 4.01. The van der Waals surface area contributed by atoms with Gasteiger partial charge in [-0.15, -0.1) is 11.3 Å². The van der Waals surface area contributed by atoms with Crippen molar-refractivity contribution in [2.45, 2.75) is 31.7 Å². The topological polar surface area (TPSA) is 45.2 Å². The Morgan fingerprint density at radius 3 is 2.59 bits per heavy atom. The average molecular weight is 383 g/mol. The first kappa shape index (κ1) is 18.1. The number of anilines is 1. The fourth-order valence-corrected chi connectivity index (χ4v) is 4.68. The highest BCUT2D eigenvalue weighted by Crippen LogP contribution is 2.34. The van der Waals surface area contributed by atoms with Gasteiger partial charge in [-0.05, 0) is 69.3 Å². The van der Waals surface area contributed by atoms with Crippen molar-refractivity contribution in [3.05, 3.63) is 59.4 Å². The molecule has 2 heterocycles. The molecule has 1 N–H and O–H groups in total. The number of nitrogens with one attached hydrogen (secondary N) is 1. The summed E-state index contributed by atoms with van der Waals surface area (Å²) in [5.74, 6) is 0.101. The number of piperidine rings is 1. The van der Waals surface area contributed by atoms with Gasteiger partial charge in [-0.1, -0.05) is 12.1 Å². The number of nitrogens with zero attached hydrogens (tertiary/aromatic N) is 2. The summed E-state index contributed by atoms with van der Waals surface area (Å²) in [4.78, 5) is 19.5. The predicted molar refractivity (Wildman–Crippen MR) is 108 cm³/mol. The average Bonchev–Trinajstić information content (AvgIpc) is 3.13. The number of fused-ring (bicyclic) bond motifs is 1. The number of hydrogen-bond acceptors (Lipinski definition) is 4. The molecule has 0 bridgehead atoms. The molecule has 1 fully saturated rings. The van der Waals surface area contributed by atoms with E-state index < -0.39 is 0 Å². The van der Waals surface area contributed by atoms with E-state index in [0.717, 1.165) is 31.4 Å². The van der Waals surface area contributed by atoms with Crippen LogP contribution < -0.4 is 5.32 Å². The van der Waals surface area contributed by atoms with Gasteiger partial charge in [-0.3, -0.25) is 9.69 Å². The molecule has 1 aromatic heterocycles. The Kier molecular flexibility index (Phi) is 5.18. The van der Waals surface area contributed by atoms with E-state index in [1.807, 2.05) is 19.1 Å². The van der Waals surface area contributed by atoms with Crippen LogP contribution in [0.25, 0.3) is 10.2 Å². The second kappa shape index (κ2) is 7.74. The number of hydrogen-bond donors (Lipinski definition) is 1. The largest absolute Gasteiger partial charge is 0.325 e. The predicted octanol–water partition coefficient (Wildman–Crippen LogP) is 4.64. The molecule has 27 heavy (non-hydrogen) atoms. The molecular weight excluding hydrogens is 361 g/mol. The molecular formula is C21H22FN3OS. The molecule has 4 nitrogen and oxygen atoms in total. The molecule has 6 heteroatoms. The van der Waals surface area contributed by atoms with Crippen molar-refractivity contribution in [2.75, 3.05) is 18.4 Å². The summed E-state index contributed by atoms with van der Waals surface area (Å²) in [5.41, 5.74) is 1.70. The lowest BCUT2D eigenvalue weighted by Gasteiger charge is -2.34. The Labute approximate surface area is 162 Å². The van der Waals surface area contributed by atoms with Gasteiger partial charge in [0.1, 0.15) is 5.82 Å². The van der Waals surface area contributed by atoms with Gasteiger partial charge < -0.3 is 5.32 Å². The van der Waals surface area contributed by atoms with E-state index in [9.17, 15) is 9.18 Å². The van der Waals surface area contributed by atoms with Crippen molar-refractivity contribution in [2.24, 2.45) is 0 Å². The van der Waals surface area contributed by atoms with Crippen LogP contribution in [0, 0.1) is 5.82 Å². The molecule has 4 rings (SSSR count). The Bertz CT molecular complexity index is 899. The summed E-state index contributed by atoms with van der Waals surface area (Å²) < 4.78 is 14.2. The molecule has 0 radical (unpaired) electrons. The summed E-state index contributed by atoms with van der Waals surface area (Å²) in [5, 5.41) is 4.08. The lowest BCUT2D eigenvalue weighted by Crippen LogP contribution is -2.45. The number of aromatic nitrogens is 1. The minimum absolute atomic E-state index is 0.0555. The number of amides is 1. The lowest BCUT2D eigenvalue weighted by atomic mass is 9.96. The first-order chi connectivity index (χ1) is 13.1. The molecule has 0 unspecified atom stereocenters. The number of halogens is 1. The fourth-order valence-electron chi connectivity index (χ4n) is 3.54. The molecule has 0 saturated carbocycles. The first-order valence-electron chi connectivity index (χ1n) is 9.26. The van der Waals surface area contributed by atoms with Crippen LogP contribution in [-0.4, -0.2) is 34.9 Å². The van der Waals surface area contributed by atoms with Gasteiger partial charge in [-0.2, -0.15) is 0 Å². The second-order valence-corrected chi connectivity index (χ2v) is 8.06. The van der Waals surface area contributed by atoms with E-state index in [1.165, 1.54) is 21.8 Å². The molecule has 3 aromatic rings. The number of carbonyl (C=O) groups excluding carboxylic acids is 1. The Morgan fingerprint density at radius 2 is 1.89 bits per heavy atom. The smallest absolute Gasteiger partial charge is 0.241 e. The normalized spacial score (nSPS) is 17.1. The zero-order valence-electron chi connectivity index (χ0n) is 15.2. The van der Waals surface area contributed by atoms with Crippen molar-refractivity contribution in [1.29, 1.82) is 0 Å². The van der Waals surface area contributed by atoms with Crippen molar-refractivity contribution >= 4 is 33.1 Å². The van der Waals surface area contributed by atoms with Gasteiger partial charge in [0.05, 0.1) is 21.3 Å². The maximum atomic E-state index is 13.0. The summed E-state index contributed by atoms with van der Waals surface area (Å²) in [6.45, 7) is 3.67. The van der Waals surface area contributed by atoms with E-state index >= 15 is 0 Å². The number of rotatable bonds is 4. The molecule has 0 aliphatic carbocycles. The van der Waals surface area contributed by atoms with Gasteiger partial charge in [0.25, 0.3) is 0 Å². The summed E-state index contributed by atoms with van der Waals surface area (Å²) in [7, 11) is 0. The summed E-state index contributed by atoms with van der Waals surface area (Å²) in [6.07, 6.45) is 2.02. The number of likely N-dealkylation sites (tertiary alicyclic amines) is 1. The maximum Gasteiger partial charge on any atom is 0.241 e. The molecule has 1 aliphatic rings. The van der Waals surface area contributed by atoms with E-state index in [4.69, 9.17) is 4.98 Å². The van der Waals surface area contributed by atoms with Gasteiger partial charge in [0.15, 0.2) is 0 Å². The van der Waals surface area contributed by atoms with Gasteiger partial charge in [0, 0.05) is 11.6 Å². The van der Waals surface area contributed by atoms with E-state index in [-0.39, 0.29) is 17.8 Å². The zero-order chi connectivity index (χ0) is 18.8. The minimum atomic E-state index is -0.307. The van der Waals surface area contributed by atoms with Gasteiger partial charge >= 0.3 is 0 Å².